The summed E-state index contributed by atoms with van der Waals surface area (Å²) in [6.45, 7) is 3.68. The van der Waals surface area contributed by atoms with Crippen molar-refractivity contribution >= 4 is 16.8 Å². The smallest absolute Gasteiger partial charge is 0.222 e. The lowest BCUT2D eigenvalue weighted by Crippen LogP contribution is -2.01. The maximum atomic E-state index is 10.8. The van der Waals surface area contributed by atoms with E-state index >= 15 is 0 Å². The van der Waals surface area contributed by atoms with Crippen molar-refractivity contribution in [1.29, 1.82) is 0 Å². The number of carbonyl (C=O) groups excluding carboxylic acids is 1. The molecule has 0 aliphatic rings. The van der Waals surface area contributed by atoms with Gasteiger partial charge < -0.3 is 0 Å². The summed E-state index contributed by atoms with van der Waals surface area (Å²) in [5.41, 5.74) is 1.14. The Bertz CT molecular complexity index is 305. The fourth-order valence-corrected chi connectivity index (χ4v) is 1.64. The molecule has 0 aliphatic heterocycles. The highest BCUT2D eigenvalue weighted by molar-refractivity contribution is 6.63. The van der Waals surface area contributed by atoms with E-state index in [9.17, 15) is 4.79 Å². The number of carbonyl (C=O) groups is 1. The molecule has 14 heavy (non-hydrogen) atoms. The van der Waals surface area contributed by atoms with Crippen LogP contribution in [0.15, 0.2) is 43.0 Å². The van der Waals surface area contributed by atoms with Gasteiger partial charge in [-0.3, -0.25) is 4.79 Å². The molecule has 0 saturated carbocycles. The highest BCUT2D eigenvalue weighted by Crippen LogP contribution is 2.24. The molecule has 1 rings (SSSR count). The first-order chi connectivity index (χ1) is 6.74. The van der Waals surface area contributed by atoms with E-state index < -0.39 is 0 Å². The number of hydrogen-bond donors (Lipinski definition) is 0. The molecule has 1 atom stereocenters. The van der Waals surface area contributed by atoms with E-state index in [1.54, 1.807) is 0 Å². The van der Waals surface area contributed by atoms with Crippen molar-refractivity contribution in [3.63, 3.8) is 0 Å². The van der Waals surface area contributed by atoms with Crippen LogP contribution in [0.2, 0.25) is 0 Å². The van der Waals surface area contributed by atoms with E-state index in [1.165, 1.54) is 0 Å². The third-order valence-corrected chi connectivity index (χ3v) is 2.28. The molecular weight excluding hydrogens is 196 g/mol. The third kappa shape index (κ3) is 3.35. The van der Waals surface area contributed by atoms with Crippen molar-refractivity contribution in [2.75, 3.05) is 0 Å². The zero-order chi connectivity index (χ0) is 10.4. The van der Waals surface area contributed by atoms with E-state index in [0.717, 1.165) is 12.0 Å². The van der Waals surface area contributed by atoms with Gasteiger partial charge in [0.1, 0.15) is 0 Å². The van der Waals surface area contributed by atoms with Crippen LogP contribution in [-0.2, 0) is 4.79 Å². The quantitative estimate of drug-likeness (QED) is 0.535. The Morgan fingerprint density at radius 1 is 1.43 bits per heavy atom. The van der Waals surface area contributed by atoms with Gasteiger partial charge in [0.15, 0.2) is 0 Å². The number of allylic oxidation sites excluding steroid dienone is 1. The van der Waals surface area contributed by atoms with Gasteiger partial charge >= 0.3 is 0 Å². The van der Waals surface area contributed by atoms with Gasteiger partial charge in [0.05, 0.1) is 0 Å². The molecule has 2 heteroatoms. The summed E-state index contributed by atoms with van der Waals surface area (Å²) in [5, 5.41) is -0.291. The summed E-state index contributed by atoms with van der Waals surface area (Å²) in [5.74, 6) is 0.165. The molecule has 0 aliphatic carbocycles. The van der Waals surface area contributed by atoms with Gasteiger partial charge in [-0.1, -0.05) is 36.4 Å². The normalized spacial score (nSPS) is 12.1. The van der Waals surface area contributed by atoms with Crippen LogP contribution in [0.4, 0.5) is 0 Å². The predicted molar refractivity (Wildman–Crippen MR) is 59.5 cm³/mol. The molecule has 0 fully saturated rings. The summed E-state index contributed by atoms with van der Waals surface area (Å²) in [4.78, 5) is 10.8. The monoisotopic (exact) mass is 208 g/mol. The second-order valence-corrected chi connectivity index (χ2v) is 3.61. The van der Waals surface area contributed by atoms with Crippen molar-refractivity contribution in [2.24, 2.45) is 0 Å². The first kappa shape index (κ1) is 11.0. The number of benzene rings is 1. The molecule has 0 bridgehead atoms. The Balaban J connectivity index is 2.77. The highest BCUT2D eigenvalue weighted by atomic mass is 35.5. The fourth-order valence-electron chi connectivity index (χ4n) is 1.46. The summed E-state index contributed by atoms with van der Waals surface area (Å²) in [6, 6.07) is 9.90. The maximum Gasteiger partial charge on any atom is 0.222 e. The second-order valence-electron chi connectivity index (χ2n) is 3.19. The highest BCUT2D eigenvalue weighted by Gasteiger charge is 2.12. The molecule has 0 amide bonds. The van der Waals surface area contributed by atoms with Crippen molar-refractivity contribution in [3.8, 4) is 0 Å². The topological polar surface area (TPSA) is 17.1 Å². The van der Waals surface area contributed by atoms with Crippen LogP contribution >= 0.6 is 11.6 Å². The Morgan fingerprint density at radius 2 is 2.07 bits per heavy atom. The molecule has 0 spiro atoms. The SMILES string of the molecule is C=CCC(CC(=O)Cl)c1ccccc1. The van der Waals surface area contributed by atoms with Crippen LogP contribution in [0.25, 0.3) is 0 Å². The molecule has 1 nitrogen and oxygen atoms in total. The zero-order valence-corrected chi connectivity index (χ0v) is 8.70. The molecule has 0 N–H and O–H groups in total. The standard InChI is InChI=1S/C12H13ClO/c1-2-6-11(9-12(13)14)10-7-4-3-5-8-10/h2-5,7-8,11H,1,6,9H2. The molecule has 0 aromatic heterocycles. The van der Waals surface area contributed by atoms with Gasteiger partial charge in [0.2, 0.25) is 5.24 Å². The Labute approximate surface area is 89.4 Å². The van der Waals surface area contributed by atoms with Gasteiger partial charge in [-0.05, 0) is 29.5 Å². The minimum Gasteiger partial charge on any atom is -0.281 e. The number of rotatable bonds is 5. The van der Waals surface area contributed by atoms with Crippen molar-refractivity contribution in [2.45, 2.75) is 18.8 Å². The van der Waals surface area contributed by atoms with E-state index in [2.05, 4.69) is 6.58 Å². The fraction of sp³-hybridized carbons (Fsp3) is 0.250. The molecule has 0 radical (unpaired) electrons. The minimum absolute atomic E-state index is 0.165. The van der Waals surface area contributed by atoms with Crippen LogP contribution in [-0.4, -0.2) is 5.24 Å². The molecular formula is C12H13ClO. The van der Waals surface area contributed by atoms with Crippen molar-refractivity contribution in [1.82, 2.24) is 0 Å². The number of halogens is 1. The van der Waals surface area contributed by atoms with Crippen LogP contribution in [0.5, 0.6) is 0 Å². The number of hydrogen-bond acceptors (Lipinski definition) is 1. The average Bonchev–Trinajstić information content (AvgIpc) is 2.18. The zero-order valence-electron chi connectivity index (χ0n) is 7.95. The average molecular weight is 209 g/mol. The van der Waals surface area contributed by atoms with Crippen molar-refractivity contribution in [3.05, 3.63) is 48.6 Å². The summed E-state index contributed by atoms with van der Waals surface area (Å²) < 4.78 is 0. The Morgan fingerprint density at radius 3 is 2.57 bits per heavy atom. The lowest BCUT2D eigenvalue weighted by Gasteiger charge is -2.12. The largest absolute Gasteiger partial charge is 0.281 e. The van der Waals surface area contributed by atoms with Crippen LogP contribution < -0.4 is 0 Å². The molecule has 1 aromatic rings. The van der Waals surface area contributed by atoms with Crippen molar-refractivity contribution < 1.29 is 4.79 Å². The predicted octanol–water partition coefficient (Wildman–Crippen LogP) is 3.50. The molecule has 1 unspecified atom stereocenters. The van der Waals surface area contributed by atoms with Gasteiger partial charge in [-0.15, -0.1) is 6.58 Å². The molecule has 0 saturated heterocycles. The first-order valence-electron chi connectivity index (χ1n) is 4.58. The third-order valence-electron chi connectivity index (χ3n) is 2.13. The van der Waals surface area contributed by atoms with E-state index in [4.69, 9.17) is 11.6 Å². The van der Waals surface area contributed by atoms with Gasteiger partial charge in [-0.25, -0.2) is 0 Å². The summed E-state index contributed by atoms with van der Waals surface area (Å²) in [7, 11) is 0. The lowest BCUT2D eigenvalue weighted by atomic mass is 9.93. The molecule has 1 aromatic carbocycles. The van der Waals surface area contributed by atoms with E-state index in [-0.39, 0.29) is 11.2 Å². The van der Waals surface area contributed by atoms with Gasteiger partial charge in [-0.2, -0.15) is 0 Å². The summed E-state index contributed by atoms with van der Waals surface area (Å²) >= 11 is 5.38. The van der Waals surface area contributed by atoms with Gasteiger partial charge in [0.25, 0.3) is 0 Å². The summed E-state index contributed by atoms with van der Waals surface area (Å²) in [6.07, 6.45) is 2.97. The van der Waals surface area contributed by atoms with Crippen LogP contribution in [0, 0.1) is 0 Å². The second kappa shape index (κ2) is 5.61. The van der Waals surface area contributed by atoms with E-state index in [0.29, 0.717) is 6.42 Å². The maximum absolute atomic E-state index is 10.8. The Hall–Kier alpha value is -1.08. The minimum atomic E-state index is -0.291. The lowest BCUT2D eigenvalue weighted by molar-refractivity contribution is -0.112. The van der Waals surface area contributed by atoms with Crippen LogP contribution in [0.1, 0.15) is 24.3 Å². The van der Waals surface area contributed by atoms with Gasteiger partial charge in [0, 0.05) is 6.42 Å². The Kier molecular flexibility index (Phi) is 4.41. The molecule has 0 heterocycles. The van der Waals surface area contributed by atoms with Crippen LogP contribution in [0.3, 0.4) is 0 Å². The first-order valence-corrected chi connectivity index (χ1v) is 4.96. The van der Waals surface area contributed by atoms with E-state index in [1.807, 2.05) is 36.4 Å². The molecule has 74 valence electrons.